The smallest absolute Gasteiger partial charge is 0.224 e. The molecule has 1 aliphatic carbocycles. The van der Waals surface area contributed by atoms with E-state index in [-0.39, 0.29) is 5.60 Å². The van der Waals surface area contributed by atoms with Gasteiger partial charge in [-0.2, -0.15) is 4.98 Å². The van der Waals surface area contributed by atoms with Gasteiger partial charge in [0, 0.05) is 26.9 Å². The van der Waals surface area contributed by atoms with Crippen LogP contribution in [0.1, 0.15) is 32.1 Å². The van der Waals surface area contributed by atoms with Gasteiger partial charge in [0.25, 0.3) is 0 Å². The molecule has 0 amide bonds. The van der Waals surface area contributed by atoms with Gasteiger partial charge in [-0.1, -0.05) is 19.3 Å². The first kappa shape index (κ1) is 14.5. The zero-order valence-corrected chi connectivity index (χ0v) is 13.1. The highest BCUT2D eigenvalue weighted by atomic mass is 79.9. The van der Waals surface area contributed by atoms with Gasteiger partial charge in [-0.3, -0.25) is 0 Å². The molecule has 1 fully saturated rings. The number of nitrogens with one attached hydrogen (secondary N) is 2. The predicted molar refractivity (Wildman–Crippen MR) is 80.6 cm³/mol. The average Bonchev–Trinajstić information content (AvgIpc) is 2.47. The van der Waals surface area contributed by atoms with Crippen LogP contribution in [0.4, 0.5) is 11.8 Å². The third-order valence-electron chi connectivity index (χ3n) is 3.75. The van der Waals surface area contributed by atoms with Crippen LogP contribution in [0, 0.1) is 0 Å². The summed E-state index contributed by atoms with van der Waals surface area (Å²) in [5.74, 6) is 1.42. The van der Waals surface area contributed by atoms with Gasteiger partial charge >= 0.3 is 0 Å². The minimum atomic E-state index is -0.0610. The van der Waals surface area contributed by atoms with Crippen molar-refractivity contribution in [2.45, 2.75) is 37.7 Å². The maximum absolute atomic E-state index is 5.74. The van der Waals surface area contributed by atoms with Crippen LogP contribution in [-0.2, 0) is 4.74 Å². The van der Waals surface area contributed by atoms with Crippen molar-refractivity contribution in [1.29, 1.82) is 0 Å². The molecule has 106 valence electrons. The van der Waals surface area contributed by atoms with Crippen molar-refractivity contribution >= 4 is 27.7 Å². The zero-order valence-electron chi connectivity index (χ0n) is 11.5. The molecule has 0 aliphatic heterocycles. The van der Waals surface area contributed by atoms with Crippen molar-refractivity contribution < 1.29 is 4.74 Å². The molecule has 0 bridgehead atoms. The van der Waals surface area contributed by atoms with Crippen LogP contribution in [0.3, 0.4) is 0 Å². The minimum Gasteiger partial charge on any atom is -0.376 e. The van der Waals surface area contributed by atoms with Crippen LogP contribution in [0.15, 0.2) is 10.7 Å². The molecular formula is C13H21BrN4O. The molecule has 1 heterocycles. The topological polar surface area (TPSA) is 59.1 Å². The summed E-state index contributed by atoms with van der Waals surface area (Å²) in [6, 6.07) is 0. The monoisotopic (exact) mass is 328 g/mol. The summed E-state index contributed by atoms with van der Waals surface area (Å²) in [7, 11) is 3.64. The highest BCUT2D eigenvalue weighted by Gasteiger charge is 2.31. The van der Waals surface area contributed by atoms with Crippen molar-refractivity contribution in [3.8, 4) is 0 Å². The van der Waals surface area contributed by atoms with Gasteiger partial charge in [0.05, 0.1) is 10.1 Å². The number of anilines is 2. The largest absolute Gasteiger partial charge is 0.376 e. The van der Waals surface area contributed by atoms with Crippen molar-refractivity contribution in [2.75, 3.05) is 31.3 Å². The Balaban J connectivity index is 2.00. The number of hydrogen-bond donors (Lipinski definition) is 2. The zero-order chi connectivity index (χ0) is 13.7. The molecular weight excluding hydrogens is 308 g/mol. The average molecular weight is 329 g/mol. The Morgan fingerprint density at radius 1 is 1.37 bits per heavy atom. The molecule has 6 heteroatoms. The predicted octanol–water partition coefficient (Wildman–Crippen LogP) is 3.04. The first-order valence-electron chi connectivity index (χ1n) is 6.68. The van der Waals surface area contributed by atoms with Crippen LogP contribution in [0.25, 0.3) is 0 Å². The Morgan fingerprint density at radius 2 is 2.11 bits per heavy atom. The van der Waals surface area contributed by atoms with Gasteiger partial charge in [0.15, 0.2) is 0 Å². The molecule has 0 aromatic carbocycles. The molecule has 1 saturated carbocycles. The normalized spacial score (nSPS) is 18.1. The van der Waals surface area contributed by atoms with Gasteiger partial charge in [-0.15, -0.1) is 0 Å². The van der Waals surface area contributed by atoms with Crippen LogP contribution in [0.2, 0.25) is 0 Å². The number of rotatable bonds is 5. The summed E-state index contributed by atoms with van der Waals surface area (Å²) < 4.78 is 6.60. The highest BCUT2D eigenvalue weighted by Crippen LogP contribution is 2.31. The van der Waals surface area contributed by atoms with E-state index >= 15 is 0 Å². The lowest BCUT2D eigenvalue weighted by molar-refractivity contribution is -0.0280. The Morgan fingerprint density at radius 3 is 2.74 bits per heavy atom. The fourth-order valence-electron chi connectivity index (χ4n) is 2.52. The summed E-state index contributed by atoms with van der Waals surface area (Å²) in [6.45, 7) is 0.758. The fourth-order valence-corrected chi connectivity index (χ4v) is 2.91. The van der Waals surface area contributed by atoms with Crippen LogP contribution >= 0.6 is 15.9 Å². The van der Waals surface area contributed by atoms with Crippen LogP contribution < -0.4 is 10.6 Å². The fraction of sp³-hybridized carbons (Fsp3) is 0.692. The van der Waals surface area contributed by atoms with Gasteiger partial charge in [0.2, 0.25) is 5.95 Å². The van der Waals surface area contributed by atoms with Crippen molar-refractivity contribution in [1.82, 2.24) is 9.97 Å². The summed E-state index contributed by atoms with van der Waals surface area (Å²) in [4.78, 5) is 8.68. The first-order valence-corrected chi connectivity index (χ1v) is 7.48. The van der Waals surface area contributed by atoms with Crippen molar-refractivity contribution in [3.63, 3.8) is 0 Å². The Kier molecular flexibility index (Phi) is 4.99. The van der Waals surface area contributed by atoms with Gasteiger partial charge < -0.3 is 15.4 Å². The third-order valence-corrected chi connectivity index (χ3v) is 4.33. The molecule has 0 saturated heterocycles. The Labute approximate surface area is 122 Å². The molecule has 2 rings (SSSR count). The maximum Gasteiger partial charge on any atom is 0.224 e. The van der Waals surface area contributed by atoms with Crippen molar-refractivity contribution in [2.24, 2.45) is 0 Å². The summed E-state index contributed by atoms with van der Waals surface area (Å²) >= 11 is 3.40. The molecule has 0 unspecified atom stereocenters. The number of aromatic nitrogens is 2. The van der Waals surface area contributed by atoms with E-state index in [0.29, 0.717) is 5.95 Å². The van der Waals surface area contributed by atoms with Gasteiger partial charge in [0.1, 0.15) is 5.82 Å². The van der Waals surface area contributed by atoms with Crippen LogP contribution in [-0.4, -0.2) is 36.3 Å². The summed E-state index contributed by atoms with van der Waals surface area (Å²) in [5, 5.41) is 6.33. The quantitative estimate of drug-likeness (QED) is 0.869. The molecule has 5 nitrogen and oxygen atoms in total. The van der Waals surface area contributed by atoms with E-state index in [1.807, 2.05) is 7.05 Å². The molecule has 0 atom stereocenters. The molecule has 1 aromatic rings. The lowest BCUT2D eigenvalue weighted by atomic mass is 9.84. The van der Waals surface area contributed by atoms with E-state index in [1.165, 1.54) is 19.3 Å². The molecule has 0 radical (unpaired) electrons. The van der Waals surface area contributed by atoms with E-state index in [1.54, 1.807) is 13.3 Å². The first-order chi connectivity index (χ1) is 9.19. The number of methoxy groups -OCH3 is 1. The maximum atomic E-state index is 5.74. The standard InChI is InChI=1S/C13H21BrN4O/c1-15-11-10(14)8-16-12(18-11)17-9-13(19-2)6-4-3-5-7-13/h8H,3-7,9H2,1-2H3,(H2,15,16,17,18). The Bertz CT molecular complexity index is 421. The molecule has 2 N–H and O–H groups in total. The third kappa shape index (κ3) is 3.57. The van der Waals surface area contributed by atoms with Gasteiger partial charge in [-0.25, -0.2) is 4.98 Å². The number of nitrogens with zero attached hydrogens (tertiary/aromatic N) is 2. The highest BCUT2D eigenvalue weighted by molar-refractivity contribution is 9.10. The second-order valence-corrected chi connectivity index (χ2v) is 5.80. The second-order valence-electron chi connectivity index (χ2n) is 4.94. The summed E-state index contributed by atoms with van der Waals surface area (Å²) in [5.41, 5.74) is -0.0610. The van der Waals surface area contributed by atoms with E-state index in [0.717, 1.165) is 29.7 Å². The van der Waals surface area contributed by atoms with E-state index in [2.05, 4.69) is 36.5 Å². The van der Waals surface area contributed by atoms with E-state index in [4.69, 9.17) is 4.74 Å². The number of halogens is 1. The summed E-state index contributed by atoms with van der Waals surface area (Å²) in [6.07, 6.45) is 7.74. The molecule has 19 heavy (non-hydrogen) atoms. The van der Waals surface area contributed by atoms with E-state index in [9.17, 15) is 0 Å². The second kappa shape index (κ2) is 6.52. The lowest BCUT2D eigenvalue weighted by Crippen LogP contribution is -2.41. The molecule has 1 aliphatic rings. The minimum absolute atomic E-state index is 0.0610. The number of hydrogen-bond acceptors (Lipinski definition) is 5. The molecule has 1 aromatic heterocycles. The number of ether oxygens (including phenoxy) is 1. The van der Waals surface area contributed by atoms with Gasteiger partial charge in [-0.05, 0) is 28.8 Å². The van der Waals surface area contributed by atoms with Crippen LogP contribution in [0.5, 0.6) is 0 Å². The SMILES string of the molecule is CNc1nc(NCC2(OC)CCCCC2)ncc1Br. The molecule has 0 spiro atoms. The Hall–Kier alpha value is -0.880. The lowest BCUT2D eigenvalue weighted by Gasteiger charge is -2.36. The van der Waals surface area contributed by atoms with Crippen molar-refractivity contribution in [3.05, 3.63) is 10.7 Å². The van der Waals surface area contributed by atoms with E-state index < -0.39 is 0 Å².